The number of hydrogen-bond acceptors (Lipinski definition) is 4. The quantitative estimate of drug-likeness (QED) is 0.839. The van der Waals surface area contributed by atoms with Gasteiger partial charge in [-0.05, 0) is 30.9 Å². The van der Waals surface area contributed by atoms with E-state index in [4.69, 9.17) is 14.3 Å². The van der Waals surface area contributed by atoms with Crippen LogP contribution in [0.5, 0.6) is 0 Å². The maximum absolute atomic E-state index is 11.7. The third-order valence-electron chi connectivity index (χ3n) is 2.85. The van der Waals surface area contributed by atoms with Gasteiger partial charge in [0, 0.05) is 13.2 Å². The highest BCUT2D eigenvalue weighted by atomic mass is 16.5. The standard InChI is InChI=1S/C12H15NO5/c14-11(9-3-4-10(18-9)12(15)16)13-6-8-2-1-5-17-7-8/h3-4,8H,1-2,5-7H2,(H,13,14)(H,15,16). The topological polar surface area (TPSA) is 88.8 Å². The fourth-order valence-corrected chi connectivity index (χ4v) is 1.87. The zero-order chi connectivity index (χ0) is 13.0. The lowest BCUT2D eigenvalue weighted by atomic mass is 10.0. The van der Waals surface area contributed by atoms with E-state index in [1.165, 1.54) is 12.1 Å². The number of nitrogens with one attached hydrogen (secondary N) is 1. The summed E-state index contributed by atoms with van der Waals surface area (Å²) in [6.07, 6.45) is 2.03. The van der Waals surface area contributed by atoms with Crippen molar-refractivity contribution in [2.75, 3.05) is 19.8 Å². The van der Waals surface area contributed by atoms with Gasteiger partial charge in [0.15, 0.2) is 5.76 Å². The molecule has 1 amide bonds. The minimum Gasteiger partial charge on any atom is -0.475 e. The average molecular weight is 253 g/mol. The first-order chi connectivity index (χ1) is 8.66. The molecule has 2 heterocycles. The first kappa shape index (κ1) is 12.6. The number of hydrogen-bond donors (Lipinski definition) is 2. The molecule has 2 rings (SSSR count). The van der Waals surface area contributed by atoms with Crippen LogP contribution in [0, 0.1) is 5.92 Å². The molecule has 0 aliphatic carbocycles. The summed E-state index contributed by atoms with van der Waals surface area (Å²) >= 11 is 0. The highest BCUT2D eigenvalue weighted by Crippen LogP contribution is 2.13. The maximum Gasteiger partial charge on any atom is 0.371 e. The van der Waals surface area contributed by atoms with Crippen LogP contribution in [-0.4, -0.2) is 36.7 Å². The Labute approximate surface area is 104 Å². The number of amides is 1. The minimum absolute atomic E-state index is 0.0177. The van der Waals surface area contributed by atoms with Crippen molar-refractivity contribution in [3.8, 4) is 0 Å². The Hall–Kier alpha value is -1.82. The second-order valence-corrected chi connectivity index (χ2v) is 4.26. The fourth-order valence-electron chi connectivity index (χ4n) is 1.87. The monoisotopic (exact) mass is 253 g/mol. The zero-order valence-electron chi connectivity index (χ0n) is 9.85. The molecule has 98 valence electrons. The van der Waals surface area contributed by atoms with E-state index in [0.717, 1.165) is 19.4 Å². The van der Waals surface area contributed by atoms with Gasteiger partial charge in [0.2, 0.25) is 5.76 Å². The van der Waals surface area contributed by atoms with Crippen molar-refractivity contribution in [1.29, 1.82) is 0 Å². The number of carbonyl (C=O) groups is 2. The third-order valence-corrected chi connectivity index (χ3v) is 2.85. The fraction of sp³-hybridized carbons (Fsp3) is 0.500. The predicted octanol–water partition coefficient (Wildman–Crippen LogP) is 1.13. The Bertz CT molecular complexity index is 433. The van der Waals surface area contributed by atoms with Crippen LogP contribution < -0.4 is 5.32 Å². The van der Waals surface area contributed by atoms with Crippen LogP contribution >= 0.6 is 0 Å². The van der Waals surface area contributed by atoms with Crippen molar-refractivity contribution < 1.29 is 23.8 Å². The molecule has 1 aromatic heterocycles. The van der Waals surface area contributed by atoms with Gasteiger partial charge in [-0.1, -0.05) is 0 Å². The van der Waals surface area contributed by atoms with Crippen molar-refractivity contribution in [3.05, 3.63) is 23.7 Å². The molecule has 1 atom stereocenters. The Morgan fingerprint density at radius 3 is 2.78 bits per heavy atom. The van der Waals surface area contributed by atoms with E-state index in [0.29, 0.717) is 19.1 Å². The summed E-state index contributed by atoms with van der Waals surface area (Å²) in [5.74, 6) is -1.48. The van der Waals surface area contributed by atoms with Gasteiger partial charge in [0.1, 0.15) is 0 Å². The molecule has 18 heavy (non-hydrogen) atoms. The van der Waals surface area contributed by atoms with E-state index in [1.807, 2.05) is 0 Å². The SMILES string of the molecule is O=C(O)c1ccc(C(=O)NCC2CCCOC2)o1. The average Bonchev–Trinajstić information content (AvgIpc) is 2.87. The Morgan fingerprint density at radius 1 is 1.39 bits per heavy atom. The van der Waals surface area contributed by atoms with E-state index in [-0.39, 0.29) is 11.5 Å². The molecule has 0 spiro atoms. The van der Waals surface area contributed by atoms with Crippen LogP contribution in [0.2, 0.25) is 0 Å². The van der Waals surface area contributed by atoms with E-state index in [9.17, 15) is 9.59 Å². The van der Waals surface area contributed by atoms with Crippen LogP contribution in [0.25, 0.3) is 0 Å². The number of furan rings is 1. The van der Waals surface area contributed by atoms with Crippen LogP contribution in [0.15, 0.2) is 16.5 Å². The summed E-state index contributed by atoms with van der Waals surface area (Å²) in [4.78, 5) is 22.3. The van der Waals surface area contributed by atoms with E-state index >= 15 is 0 Å². The lowest BCUT2D eigenvalue weighted by Gasteiger charge is -2.21. The number of aromatic carboxylic acids is 1. The number of carbonyl (C=O) groups excluding carboxylic acids is 1. The van der Waals surface area contributed by atoms with Crippen molar-refractivity contribution in [3.63, 3.8) is 0 Å². The van der Waals surface area contributed by atoms with Crippen molar-refractivity contribution in [2.24, 2.45) is 5.92 Å². The smallest absolute Gasteiger partial charge is 0.371 e. The molecule has 1 saturated heterocycles. The van der Waals surface area contributed by atoms with E-state index in [2.05, 4.69) is 5.32 Å². The van der Waals surface area contributed by atoms with Crippen molar-refractivity contribution >= 4 is 11.9 Å². The van der Waals surface area contributed by atoms with Crippen LogP contribution in [-0.2, 0) is 4.74 Å². The third kappa shape index (κ3) is 3.10. The van der Waals surface area contributed by atoms with Gasteiger partial charge >= 0.3 is 5.97 Å². The molecule has 6 nitrogen and oxygen atoms in total. The van der Waals surface area contributed by atoms with Gasteiger partial charge in [-0.15, -0.1) is 0 Å². The molecule has 2 N–H and O–H groups in total. The van der Waals surface area contributed by atoms with Crippen LogP contribution in [0.4, 0.5) is 0 Å². The van der Waals surface area contributed by atoms with Crippen molar-refractivity contribution in [1.82, 2.24) is 5.32 Å². The summed E-state index contributed by atoms with van der Waals surface area (Å²) < 4.78 is 10.2. The van der Waals surface area contributed by atoms with Crippen molar-refractivity contribution in [2.45, 2.75) is 12.8 Å². The minimum atomic E-state index is -1.19. The molecular formula is C12H15NO5. The summed E-state index contributed by atoms with van der Waals surface area (Å²) in [5, 5.41) is 11.4. The molecule has 1 aromatic rings. The Balaban J connectivity index is 1.84. The number of carboxylic acid groups (broad SMARTS) is 1. The Kier molecular flexibility index (Phi) is 3.99. The predicted molar refractivity (Wildman–Crippen MR) is 61.5 cm³/mol. The molecule has 6 heteroatoms. The highest BCUT2D eigenvalue weighted by Gasteiger charge is 2.18. The second kappa shape index (κ2) is 5.68. The molecule has 0 saturated carbocycles. The van der Waals surface area contributed by atoms with Crippen LogP contribution in [0.3, 0.4) is 0 Å². The molecule has 1 unspecified atom stereocenters. The first-order valence-electron chi connectivity index (χ1n) is 5.86. The largest absolute Gasteiger partial charge is 0.475 e. The van der Waals surface area contributed by atoms with Gasteiger partial charge in [-0.25, -0.2) is 4.79 Å². The van der Waals surface area contributed by atoms with Gasteiger partial charge in [0.25, 0.3) is 5.91 Å². The number of rotatable bonds is 4. The lowest BCUT2D eigenvalue weighted by Crippen LogP contribution is -2.33. The second-order valence-electron chi connectivity index (χ2n) is 4.26. The van der Waals surface area contributed by atoms with E-state index < -0.39 is 11.9 Å². The highest BCUT2D eigenvalue weighted by molar-refractivity contribution is 5.93. The number of ether oxygens (including phenoxy) is 1. The normalized spacial score (nSPS) is 19.4. The van der Waals surface area contributed by atoms with Gasteiger partial charge in [-0.2, -0.15) is 0 Å². The van der Waals surface area contributed by atoms with E-state index in [1.54, 1.807) is 0 Å². The molecule has 1 aliphatic heterocycles. The molecule has 1 fully saturated rings. The zero-order valence-corrected chi connectivity index (χ0v) is 9.85. The molecule has 0 bridgehead atoms. The molecule has 0 aromatic carbocycles. The number of carboxylic acids is 1. The molecule has 0 radical (unpaired) electrons. The summed E-state index contributed by atoms with van der Waals surface area (Å²) in [6, 6.07) is 2.62. The summed E-state index contributed by atoms with van der Waals surface area (Å²) in [6.45, 7) is 1.95. The maximum atomic E-state index is 11.7. The van der Waals surface area contributed by atoms with Gasteiger partial charge < -0.3 is 19.6 Å². The first-order valence-corrected chi connectivity index (χ1v) is 5.86. The van der Waals surface area contributed by atoms with Gasteiger partial charge in [0.05, 0.1) is 6.61 Å². The lowest BCUT2D eigenvalue weighted by molar-refractivity contribution is 0.0532. The molecular weight excluding hydrogens is 238 g/mol. The van der Waals surface area contributed by atoms with Gasteiger partial charge in [-0.3, -0.25) is 4.79 Å². The Morgan fingerprint density at radius 2 is 2.17 bits per heavy atom. The summed E-state index contributed by atoms with van der Waals surface area (Å²) in [5.41, 5.74) is 0. The van der Waals surface area contributed by atoms with Crippen LogP contribution in [0.1, 0.15) is 34.0 Å². The summed E-state index contributed by atoms with van der Waals surface area (Å²) in [7, 11) is 0. The molecule has 1 aliphatic rings.